The molecule has 2 amide bonds. The average molecular weight is 612 g/mol. The topological polar surface area (TPSA) is 99.4 Å². The Kier molecular flexibility index (Phi) is 8.33. The van der Waals surface area contributed by atoms with Gasteiger partial charge in [-0.3, -0.25) is 29.6 Å². The van der Waals surface area contributed by atoms with Gasteiger partial charge in [-0.2, -0.15) is 0 Å². The highest BCUT2D eigenvalue weighted by Crippen LogP contribution is 2.42. The van der Waals surface area contributed by atoms with Crippen LogP contribution in [0.15, 0.2) is 77.3 Å². The van der Waals surface area contributed by atoms with Gasteiger partial charge in [0.05, 0.1) is 28.9 Å². The van der Waals surface area contributed by atoms with E-state index >= 15 is 0 Å². The number of halogens is 1. The fraction of sp³-hybridized carbons (Fsp3) is 0.324. The van der Waals surface area contributed by atoms with Gasteiger partial charge in [-0.25, -0.2) is 0 Å². The minimum absolute atomic E-state index is 0.0191. The zero-order valence-electron chi connectivity index (χ0n) is 24.8. The number of benzene rings is 3. The normalized spacial score (nSPS) is 19.6. The summed E-state index contributed by atoms with van der Waals surface area (Å²) in [6, 6.07) is 19.0. The van der Waals surface area contributed by atoms with Crippen LogP contribution in [0.25, 0.3) is 0 Å². The van der Waals surface area contributed by atoms with E-state index in [4.69, 9.17) is 11.6 Å². The van der Waals surface area contributed by atoms with Crippen molar-refractivity contribution in [2.75, 3.05) is 43.5 Å². The van der Waals surface area contributed by atoms with E-state index in [2.05, 4.69) is 40.2 Å². The predicted molar refractivity (Wildman–Crippen MR) is 173 cm³/mol. The Morgan fingerprint density at radius 3 is 2.45 bits per heavy atom. The summed E-state index contributed by atoms with van der Waals surface area (Å²) < 4.78 is 0. The van der Waals surface area contributed by atoms with Gasteiger partial charge in [-0.15, -0.1) is 0 Å². The number of carbonyl (C=O) groups is 2. The molecule has 1 aliphatic carbocycles. The van der Waals surface area contributed by atoms with Gasteiger partial charge >= 0.3 is 0 Å². The van der Waals surface area contributed by atoms with Gasteiger partial charge in [0.1, 0.15) is 6.54 Å². The third-order valence-corrected chi connectivity index (χ3v) is 9.13. The van der Waals surface area contributed by atoms with Crippen molar-refractivity contribution < 1.29 is 14.5 Å². The molecule has 3 aromatic carbocycles. The minimum atomic E-state index is -0.417. The molecule has 226 valence electrons. The van der Waals surface area contributed by atoms with E-state index in [9.17, 15) is 19.7 Å². The second-order valence-electron chi connectivity index (χ2n) is 11.5. The molecular formula is C34H34ClN5O4. The highest BCUT2D eigenvalue weighted by molar-refractivity contribution is 6.30. The van der Waals surface area contributed by atoms with Crippen LogP contribution in [-0.2, 0) is 16.0 Å². The first kappa shape index (κ1) is 29.7. The number of allylic oxidation sites excluding steroid dienone is 2. The van der Waals surface area contributed by atoms with Crippen LogP contribution < -0.4 is 9.80 Å². The molecule has 9 nitrogen and oxygen atoms in total. The molecular weight excluding hydrogens is 578 g/mol. The Hall–Kier alpha value is -4.34. The number of rotatable bonds is 2. The first-order valence-electron chi connectivity index (χ1n) is 14.9. The Bertz CT molecular complexity index is 1720. The summed E-state index contributed by atoms with van der Waals surface area (Å²) in [5.74, 6) is 0.0203. The Morgan fingerprint density at radius 2 is 1.68 bits per heavy atom. The molecule has 4 aliphatic rings. The number of aliphatic imine (C=N–C) groups is 1. The number of nitrogens with zero attached hydrogens (tertiary/aromatic N) is 5. The summed E-state index contributed by atoms with van der Waals surface area (Å²) in [7, 11) is 3.53. The molecule has 3 heterocycles. The number of anilines is 2. The number of carbonyl (C=O) groups excluding carboxylic acids is 2. The second-order valence-corrected chi connectivity index (χ2v) is 12.0. The zero-order valence-corrected chi connectivity index (χ0v) is 25.6. The largest absolute Gasteiger partial charge is 0.314 e. The molecule has 10 heteroatoms. The highest BCUT2D eigenvalue weighted by Gasteiger charge is 2.36. The number of nitro benzene ring substituents is 1. The van der Waals surface area contributed by atoms with Gasteiger partial charge in [0.25, 0.3) is 5.69 Å². The maximum absolute atomic E-state index is 12.5. The van der Waals surface area contributed by atoms with Crippen molar-refractivity contribution in [1.29, 1.82) is 0 Å². The number of hydrogen-bond donors (Lipinski definition) is 0. The molecule has 44 heavy (non-hydrogen) atoms. The molecule has 0 spiro atoms. The molecule has 0 bridgehead atoms. The monoisotopic (exact) mass is 611 g/mol. The maximum atomic E-state index is 12.5. The molecule has 3 aliphatic heterocycles. The Labute approximate surface area is 261 Å². The molecule has 7 rings (SSSR count). The fourth-order valence-corrected chi connectivity index (χ4v) is 6.72. The summed E-state index contributed by atoms with van der Waals surface area (Å²) in [5.41, 5.74) is 7.94. The fourth-order valence-electron chi connectivity index (χ4n) is 6.54. The van der Waals surface area contributed by atoms with Gasteiger partial charge in [-0.05, 0) is 78.6 Å². The van der Waals surface area contributed by atoms with Gasteiger partial charge in [0.15, 0.2) is 0 Å². The zero-order chi connectivity index (χ0) is 31.0. The van der Waals surface area contributed by atoms with Crippen LogP contribution in [0.1, 0.15) is 54.0 Å². The van der Waals surface area contributed by atoms with Crippen molar-refractivity contribution in [3.05, 3.63) is 110 Å². The van der Waals surface area contributed by atoms with Crippen LogP contribution in [0.4, 0.5) is 17.1 Å². The van der Waals surface area contributed by atoms with Crippen molar-refractivity contribution in [2.45, 2.75) is 38.1 Å². The molecule has 0 radical (unpaired) electrons. The summed E-state index contributed by atoms with van der Waals surface area (Å²) >= 11 is 6.25. The first-order valence-corrected chi connectivity index (χ1v) is 15.3. The predicted octanol–water partition coefficient (Wildman–Crippen LogP) is 6.12. The third kappa shape index (κ3) is 5.65. The van der Waals surface area contributed by atoms with Crippen LogP contribution in [-0.4, -0.2) is 61.1 Å². The smallest absolute Gasteiger partial charge is 0.270 e. The number of hydrogen-bond acceptors (Lipinski definition) is 6. The summed E-state index contributed by atoms with van der Waals surface area (Å²) in [5, 5.41) is 11.8. The molecule has 0 fully saturated rings. The molecule has 1 atom stereocenters. The molecule has 0 saturated carbocycles. The molecule has 0 saturated heterocycles. The average Bonchev–Trinajstić information content (AvgIpc) is 3.23. The molecule has 3 aromatic rings. The SMILES string of the molecule is CN1C(=O)CN2CCc3ccccc3C2c2cc(Cl)ccc21.CN1C(=O)CN=C(C2=CCCCC2)c2cc([N+](=O)[O-])ccc21. The summed E-state index contributed by atoms with van der Waals surface area (Å²) in [6.45, 7) is 1.42. The Morgan fingerprint density at radius 1 is 0.909 bits per heavy atom. The van der Waals surface area contributed by atoms with E-state index in [1.54, 1.807) is 18.0 Å². The van der Waals surface area contributed by atoms with Crippen molar-refractivity contribution in [3.63, 3.8) is 0 Å². The van der Waals surface area contributed by atoms with Crippen LogP contribution in [0, 0.1) is 10.1 Å². The van der Waals surface area contributed by atoms with Gasteiger partial charge < -0.3 is 9.80 Å². The molecule has 1 unspecified atom stereocenters. The lowest BCUT2D eigenvalue weighted by atomic mass is 9.88. The van der Waals surface area contributed by atoms with Crippen LogP contribution >= 0.6 is 11.6 Å². The maximum Gasteiger partial charge on any atom is 0.270 e. The second kappa shape index (κ2) is 12.3. The quantitative estimate of drug-likeness (QED) is 0.257. The van der Waals surface area contributed by atoms with Crippen molar-refractivity contribution >= 4 is 46.2 Å². The third-order valence-electron chi connectivity index (χ3n) is 8.89. The Balaban J connectivity index is 0.000000156. The van der Waals surface area contributed by atoms with E-state index in [1.807, 2.05) is 25.2 Å². The van der Waals surface area contributed by atoms with Crippen molar-refractivity contribution in [3.8, 4) is 0 Å². The van der Waals surface area contributed by atoms with Crippen molar-refractivity contribution in [2.24, 2.45) is 4.99 Å². The number of benzodiazepines with no additional fused rings is 1. The number of fused-ring (bicyclic) bond motifs is 6. The van der Waals surface area contributed by atoms with E-state index < -0.39 is 4.92 Å². The van der Waals surface area contributed by atoms with E-state index in [-0.39, 0.29) is 30.1 Å². The molecule has 0 aromatic heterocycles. The summed E-state index contributed by atoms with van der Waals surface area (Å²) in [6.07, 6.45) is 7.25. The molecule has 0 N–H and O–H groups in total. The lowest BCUT2D eigenvalue weighted by molar-refractivity contribution is -0.384. The van der Waals surface area contributed by atoms with E-state index in [0.717, 1.165) is 61.2 Å². The van der Waals surface area contributed by atoms with E-state index in [0.29, 0.717) is 22.8 Å². The van der Waals surface area contributed by atoms with Crippen LogP contribution in [0.3, 0.4) is 0 Å². The highest BCUT2D eigenvalue weighted by atomic mass is 35.5. The number of nitro groups is 1. The number of likely N-dealkylation sites (N-methyl/N-ethyl adjacent to an activating group) is 2. The van der Waals surface area contributed by atoms with Gasteiger partial charge in [0.2, 0.25) is 11.8 Å². The van der Waals surface area contributed by atoms with E-state index in [1.165, 1.54) is 28.2 Å². The lowest BCUT2D eigenvalue weighted by Crippen LogP contribution is -2.40. The number of amides is 2. The van der Waals surface area contributed by atoms with Crippen LogP contribution in [0.5, 0.6) is 0 Å². The number of non-ortho nitro benzene ring substituents is 1. The van der Waals surface area contributed by atoms with Gasteiger partial charge in [0, 0.05) is 49.0 Å². The van der Waals surface area contributed by atoms with Crippen LogP contribution in [0.2, 0.25) is 5.02 Å². The van der Waals surface area contributed by atoms with Gasteiger partial charge in [-0.1, -0.05) is 41.9 Å². The first-order chi connectivity index (χ1) is 21.2. The lowest BCUT2D eigenvalue weighted by Gasteiger charge is -2.36. The van der Waals surface area contributed by atoms with Crippen molar-refractivity contribution in [1.82, 2.24) is 4.90 Å². The minimum Gasteiger partial charge on any atom is -0.314 e. The summed E-state index contributed by atoms with van der Waals surface area (Å²) in [4.78, 5) is 45.2. The standard InChI is InChI=1S/C18H17ClN2O.C16H17N3O3/c1-20-16-7-6-13(19)10-15(16)18-14-5-3-2-4-12(14)8-9-21(18)11-17(20)22;1-18-14-8-7-12(19(21)22)9-13(14)16(17-10-15(18)20)11-5-3-2-4-6-11/h2-7,10,18H,8-9,11H2,1H3;5,7-9H,2-4,6,10H2,1H3.